The number of hydrogen-bond donors (Lipinski definition) is 2. The normalized spacial score (nSPS) is 16.3. The number of aliphatic hydroxyl groups is 1. The van der Waals surface area contributed by atoms with Crippen LogP contribution < -0.4 is 4.72 Å². The summed E-state index contributed by atoms with van der Waals surface area (Å²) in [5.74, 6) is 0.249. The van der Waals surface area contributed by atoms with Crippen molar-refractivity contribution in [3.63, 3.8) is 0 Å². The molecular formula is C13H27NO3S. The standard InChI is InChI=1S/C13H27NO3S/c1-7-10(2)11(3)12(15)8-9-14-18(16,17)13(4,5)6/h10,12,14-15H,3,7-9H2,1-2,4-6H3. The van der Waals surface area contributed by atoms with E-state index in [1.807, 2.05) is 13.8 Å². The second kappa shape index (κ2) is 6.68. The van der Waals surface area contributed by atoms with Gasteiger partial charge < -0.3 is 5.11 Å². The van der Waals surface area contributed by atoms with Gasteiger partial charge in [-0.1, -0.05) is 20.4 Å². The molecule has 0 aromatic carbocycles. The summed E-state index contributed by atoms with van der Waals surface area (Å²) in [7, 11) is -3.34. The maximum Gasteiger partial charge on any atom is 0.216 e. The van der Waals surface area contributed by atoms with Crippen molar-refractivity contribution < 1.29 is 13.5 Å². The third kappa shape index (κ3) is 5.08. The van der Waals surface area contributed by atoms with Gasteiger partial charge in [0, 0.05) is 6.54 Å². The van der Waals surface area contributed by atoms with Crippen molar-refractivity contribution in [2.24, 2.45) is 5.92 Å². The molecule has 0 rings (SSSR count). The van der Waals surface area contributed by atoms with Crippen molar-refractivity contribution in [3.8, 4) is 0 Å². The Morgan fingerprint density at radius 3 is 2.28 bits per heavy atom. The van der Waals surface area contributed by atoms with Gasteiger partial charge in [-0.3, -0.25) is 0 Å². The molecule has 18 heavy (non-hydrogen) atoms. The van der Waals surface area contributed by atoms with Crippen molar-refractivity contribution in [1.29, 1.82) is 0 Å². The molecule has 4 nitrogen and oxygen atoms in total. The third-order valence-corrected chi connectivity index (χ3v) is 5.39. The molecule has 0 fully saturated rings. The highest BCUT2D eigenvalue weighted by molar-refractivity contribution is 7.90. The van der Waals surface area contributed by atoms with Crippen LogP contribution >= 0.6 is 0 Å². The first-order valence-electron chi connectivity index (χ1n) is 6.39. The average Bonchev–Trinajstić information content (AvgIpc) is 2.24. The molecule has 0 amide bonds. The molecule has 108 valence electrons. The van der Waals surface area contributed by atoms with Gasteiger partial charge in [-0.15, -0.1) is 0 Å². The number of sulfonamides is 1. The molecule has 0 saturated heterocycles. The molecule has 2 unspecified atom stereocenters. The fourth-order valence-corrected chi connectivity index (χ4v) is 2.14. The van der Waals surface area contributed by atoms with E-state index in [2.05, 4.69) is 11.3 Å². The second-order valence-corrected chi connectivity index (χ2v) is 8.22. The SMILES string of the molecule is C=C(C(C)CC)C(O)CCNS(=O)(=O)C(C)(C)C. The van der Waals surface area contributed by atoms with E-state index in [-0.39, 0.29) is 12.5 Å². The van der Waals surface area contributed by atoms with Gasteiger partial charge in [-0.05, 0) is 45.1 Å². The molecule has 0 aliphatic heterocycles. The third-order valence-electron chi connectivity index (χ3n) is 3.19. The van der Waals surface area contributed by atoms with Gasteiger partial charge >= 0.3 is 0 Å². The van der Waals surface area contributed by atoms with E-state index in [1.54, 1.807) is 20.8 Å². The molecule has 2 N–H and O–H groups in total. The Balaban J connectivity index is 4.26. The van der Waals surface area contributed by atoms with Crippen LogP contribution in [0.5, 0.6) is 0 Å². The first-order valence-corrected chi connectivity index (χ1v) is 7.87. The Labute approximate surface area is 112 Å². The smallest absolute Gasteiger partial charge is 0.216 e. The number of aliphatic hydroxyl groups excluding tert-OH is 1. The van der Waals surface area contributed by atoms with Gasteiger partial charge in [0.15, 0.2) is 0 Å². The maximum absolute atomic E-state index is 11.8. The fraction of sp³-hybridized carbons (Fsp3) is 0.846. The van der Waals surface area contributed by atoms with E-state index in [0.29, 0.717) is 6.42 Å². The predicted octanol–water partition coefficient (Wildman–Crippen LogP) is 2.06. The van der Waals surface area contributed by atoms with E-state index in [9.17, 15) is 13.5 Å². The Morgan fingerprint density at radius 1 is 1.39 bits per heavy atom. The minimum absolute atomic E-state index is 0.232. The highest BCUT2D eigenvalue weighted by Gasteiger charge is 2.28. The number of hydrogen-bond acceptors (Lipinski definition) is 3. The van der Waals surface area contributed by atoms with Crippen LogP contribution in [-0.2, 0) is 10.0 Å². The van der Waals surface area contributed by atoms with E-state index < -0.39 is 20.9 Å². The molecule has 5 heteroatoms. The lowest BCUT2D eigenvalue weighted by molar-refractivity contribution is 0.189. The summed E-state index contributed by atoms with van der Waals surface area (Å²) >= 11 is 0. The van der Waals surface area contributed by atoms with Crippen LogP contribution in [0.2, 0.25) is 0 Å². The fourth-order valence-electron chi connectivity index (χ4n) is 1.32. The topological polar surface area (TPSA) is 66.4 Å². The molecule has 0 aliphatic carbocycles. The van der Waals surface area contributed by atoms with Gasteiger partial charge in [0.05, 0.1) is 10.9 Å². The van der Waals surface area contributed by atoms with E-state index >= 15 is 0 Å². The Morgan fingerprint density at radius 2 is 1.89 bits per heavy atom. The predicted molar refractivity (Wildman–Crippen MR) is 75.9 cm³/mol. The van der Waals surface area contributed by atoms with Crippen LogP contribution in [0.15, 0.2) is 12.2 Å². The zero-order chi connectivity index (χ0) is 14.6. The number of rotatable bonds is 7. The zero-order valence-electron chi connectivity index (χ0n) is 12.2. The van der Waals surface area contributed by atoms with Crippen LogP contribution in [0.3, 0.4) is 0 Å². The van der Waals surface area contributed by atoms with Gasteiger partial charge in [0.2, 0.25) is 10.0 Å². The van der Waals surface area contributed by atoms with Crippen LogP contribution in [-0.4, -0.2) is 30.9 Å². The molecule has 0 radical (unpaired) electrons. The summed E-state index contributed by atoms with van der Waals surface area (Å²) in [5, 5.41) is 9.88. The highest BCUT2D eigenvalue weighted by Crippen LogP contribution is 2.18. The molecule has 0 aromatic rings. The van der Waals surface area contributed by atoms with Crippen LogP contribution in [0.25, 0.3) is 0 Å². The maximum atomic E-state index is 11.8. The summed E-state index contributed by atoms with van der Waals surface area (Å²) in [6.45, 7) is 13.1. The molecule has 0 heterocycles. The minimum atomic E-state index is -3.34. The highest BCUT2D eigenvalue weighted by atomic mass is 32.2. The Kier molecular flexibility index (Phi) is 6.54. The van der Waals surface area contributed by atoms with E-state index in [1.165, 1.54) is 0 Å². The Bertz CT molecular complexity index is 368. The lowest BCUT2D eigenvalue weighted by Gasteiger charge is -2.22. The minimum Gasteiger partial charge on any atom is -0.389 e. The molecular weight excluding hydrogens is 250 g/mol. The zero-order valence-corrected chi connectivity index (χ0v) is 13.0. The molecule has 2 atom stereocenters. The quantitative estimate of drug-likeness (QED) is 0.700. The van der Waals surface area contributed by atoms with E-state index in [0.717, 1.165) is 12.0 Å². The summed E-state index contributed by atoms with van der Waals surface area (Å²) < 4.78 is 25.2. The summed E-state index contributed by atoms with van der Waals surface area (Å²) in [5.41, 5.74) is 0.771. The molecule has 0 saturated carbocycles. The van der Waals surface area contributed by atoms with Gasteiger partial charge in [0.1, 0.15) is 0 Å². The van der Waals surface area contributed by atoms with Gasteiger partial charge in [-0.25, -0.2) is 13.1 Å². The summed E-state index contributed by atoms with van der Waals surface area (Å²) in [4.78, 5) is 0. The summed E-state index contributed by atoms with van der Waals surface area (Å²) in [6, 6.07) is 0. The van der Waals surface area contributed by atoms with Crippen molar-refractivity contribution in [2.45, 2.75) is 58.3 Å². The van der Waals surface area contributed by atoms with Gasteiger partial charge in [0.25, 0.3) is 0 Å². The lowest BCUT2D eigenvalue weighted by Crippen LogP contribution is -2.40. The van der Waals surface area contributed by atoms with Crippen LogP contribution in [0, 0.1) is 5.92 Å². The van der Waals surface area contributed by atoms with Crippen molar-refractivity contribution in [3.05, 3.63) is 12.2 Å². The first-order chi connectivity index (χ1) is 8.03. The van der Waals surface area contributed by atoms with E-state index in [4.69, 9.17) is 0 Å². The second-order valence-electron chi connectivity index (χ2n) is 5.70. The molecule has 0 spiro atoms. The van der Waals surface area contributed by atoms with Crippen molar-refractivity contribution >= 4 is 10.0 Å². The lowest BCUT2D eigenvalue weighted by atomic mass is 9.94. The molecule has 0 aliphatic rings. The average molecular weight is 277 g/mol. The molecule has 0 bridgehead atoms. The monoisotopic (exact) mass is 277 g/mol. The Hall–Kier alpha value is -0.390. The largest absolute Gasteiger partial charge is 0.389 e. The summed E-state index contributed by atoms with van der Waals surface area (Å²) in [6.07, 6.45) is 0.630. The number of nitrogens with one attached hydrogen (secondary N) is 1. The molecule has 0 aromatic heterocycles. The van der Waals surface area contributed by atoms with Gasteiger partial charge in [-0.2, -0.15) is 0 Å². The van der Waals surface area contributed by atoms with Crippen molar-refractivity contribution in [1.82, 2.24) is 4.72 Å². The first kappa shape index (κ1) is 17.6. The van der Waals surface area contributed by atoms with Crippen molar-refractivity contribution in [2.75, 3.05) is 6.54 Å². The van der Waals surface area contributed by atoms with Crippen LogP contribution in [0.4, 0.5) is 0 Å². The van der Waals surface area contributed by atoms with Crippen LogP contribution in [0.1, 0.15) is 47.5 Å².